The lowest BCUT2D eigenvalue weighted by atomic mass is 10.1. The topological polar surface area (TPSA) is 79.4 Å². The largest absolute Gasteiger partial charge is 0.341 e. The average Bonchev–Trinajstić information content (AvgIpc) is 3.09. The minimum atomic E-state index is -3.68. The Labute approximate surface area is 168 Å². The van der Waals surface area contributed by atoms with Crippen molar-refractivity contribution in [2.45, 2.75) is 31.1 Å². The number of nitrogens with zero attached hydrogens (tertiary/aromatic N) is 2. The highest BCUT2D eigenvalue weighted by atomic mass is 32.2. The van der Waals surface area contributed by atoms with Crippen molar-refractivity contribution in [1.82, 2.24) is 9.88 Å². The van der Waals surface area contributed by atoms with Crippen LogP contribution in [-0.4, -0.2) is 48.8 Å². The summed E-state index contributed by atoms with van der Waals surface area (Å²) in [4.78, 5) is 18.6. The number of carbonyl (C=O) groups excluding carboxylic acids is 1. The number of hydrogen-bond acceptors (Lipinski definition) is 6. The number of anilines is 1. The van der Waals surface area contributed by atoms with E-state index in [2.05, 4.69) is 16.6 Å². The number of aryl methyl sites for hydroxylation is 1. The zero-order valence-corrected chi connectivity index (χ0v) is 17.6. The highest BCUT2D eigenvalue weighted by Gasteiger charge is 2.20. The number of benzene rings is 1. The zero-order valence-electron chi connectivity index (χ0n) is 15.2. The molecule has 1 amide bonds. The van der Waals surface area contributed by atoms with E-state index >= 15 is 0 Å². The molecule has 0 saturated carbocycles. The molecular formula is C18H23N3O3S3. The summed E-state index contributed by atoms with van der Waals surface area (Å²) >= 11 is 3.04. The summed E-state index contributed by atoms with van der Waals surface area (Å²) in [7, 11) is -3.68. The van der Waals surface area contributed by atoms with E-state index in [9.17, 15) is 13.2 Å². The van der Waals surface area contributed by atoms with Crippen molar-refractivity contribution < 1.29 is 13.2 Å². The summed E-state index contributed by atoms with van der Waals surface area (Å²) in [5, 5.41) is 2.02. The maximum absolute atomic E-state index is 12.5. The number of thiazole rings is 1. The average molecular weight is 426 g/mol. The van der Waals surface area contributed by atoms with Crippen molar-refractivity contribution in [3.63, 3.8) is 0 Å². The van der Waals surface area contributed by atoms with Crippen LogP contribution in [0.4, 0.5) is 5.13 Å². The first-order valence-corrected chi connectivity index (χ1v) is 12.4. The Kier molecular flexibility index (Phi) is 6.78. The summed E-state index contributed by atoms with van der Waals surface area (Å²) in [5.41, 5.74) is 1.71. The number of rotatable bonds is 7. The molecule has 1 saturated heterocycles. The van der Waals surface area contributed by atoms with Crippen LogP contribution in [0.5, 0.6) is 0 Å². The molecule has 1 fully saturated rings. The molecule has 6 nitrogen and oxygen atoms in total. The summed E-state index contributed by atoms with van der Waals surface area (Å²) in [6.45, 7) is 3.61. The van der Waals surface area contributed by atoms with Gasteiger partial charge in [-0.2, -0.15) is 11.8 Å². The Hall–Kier alpha value is -1.58. The van der Waals surface area contributed by atoms with Crippen molar-refractivity contribution in [2.24, 2.45) is 0 Å². The van der Waals surface area contributed by atoms with Crippen molar-refractivity contribution in [3.8, 4) is 0 Å². The van der Waals surface area contributed by atoms with Crippen LogP contribution in [-0.2, 0) is 27.7 Å². The van der Waals surface area contributed by atoms with Gasteiger partial charge in [-0.3, -0.25) is 9.52 Å². The fourth-order valence-corrected chi connectivity index (χ4v) is 5.68. The van der Waals surface area contributed by atoms with Gasteiger partial charge in [0.1, 0.15) is 0 Å². The molecule has 27 heavy (non-hydrogen) atoms. The molecule has 3 rings (SSSR count). The lowest BCUT2D eigenvalue weighted by Gasteiger charge is -2.26. The maximum atomic E-state index is 12.5. The first-order valence-electron chi connectivity index (χ1n) is 8.89. The summed E-state index contributed by atoms with van der Waals surface area (Å²) in [5.74, 6) is 1.97. The number of carbonyl (C=O) groups is 1. The number of aromatic nitrogens is 1. The molecule has 0 unspecified atom stereocenters. The van der Waals surface area contributed by atoms with E-state index in [0.29, 0.717) is 5.69 Å². The van der Waals surface area contributed by atoms with E-state index in [1.807, 2.05) is 28.8 Å². The lowest BCUT2D eigenvalue weighted by molar-refractivity contribution is -0.130. The second-order valence-electron chi connectivity index (χ2n) is 6.31. The fraction of sp³-hybridized carbons (Fsp3) is 0.444. The number of amides is 1. The maximum Gasteiger partial charge on any atom is 0.263 e. The molecule has 9 heteroatoms. The number of nitrogens with one attached hydrogen (secondary N) is 1. The molecule has 0 spiro atoms. The van der Waals surface area contributed by atoms with Gasteiger partial charge in [0, 0.05) is 30.0 Å². The molecule has 0 radical (unpaired) electrons. The first kappa shape index (κ1) is 20.2. The second-order valence-corrected chi connectivity index (χ2v) is 10.1. The van der Waals surface area contributed by atoms with Gasteiger partial charge in [0.25, 0.3) is 10.0 Å². The van der Waals surface area contributed by atoms with E-state index in [-0.39, 0.29) is 22.4 Å². The molecule has 2 heterocycles. The van der Waals surface area contributed by atoms with Crippen LogP contribution >= 0.6 is 23.1 Å². The third-order valence-electron chi connectivity index (χ3n) is 4.24. The Morgan fingerprint density at radius 3 is 2.59 bits per heavy atom. The Morgan fingerprint density at radius 2 is 1.93 bits per heavy atom. The normalized spacial score (nSPS) is 14.9. The standard InChI is InChI=1S/C18H23N3O3S3/c1-2-3-14-4-6-16(7-5-14)27(23,24)20-18-19-15(13-26-18)12-17(22)21-8-10-25-11-9-21/h4-7,13H,2-3,8-12H2,1H3,(H,19,20). The highest BCUT2D eigenvalue weighted by Crippen LogP contribution is 2.21. The third-order valence-corrected chi connectivity index (χ3v) is 7.47. The SMILES string of the molecule is CCCc1ccc(S(=O)(=O)Nc2nc(CC(=O)N3CCSCC3)cs2)cc1. The summed E-state index contributed by atoms with van der Waals surface area (Å²) in [6.07, 6.45) is 2.14. The van der Waals surface area contributed by atoms with Crippen molar-refractivity contribution >= 4 is 44.2 Å². The lowest BCUT2D eigenvalue weighted by Crippen LogP contribution is -2.38. The van der Waals surface area contributed by atoms with Crippen molar-refractivity contribution in [3.05, 3.63) is 40.9 Å². The first-order chi connectivity index (χ1) is 13.0. The molecule has 0 aliphatic carbocycles. The Balaban J connectivity index is 1.62. The Bertz CT molecular complexity index is 873. The number of hydrogen-bond donors (Lipinski definition) is 1. The monoisotopic (exact) mass is 425 g/mol. The van der Waals surface area contributed by atoms with Crippen molar-refractivity contribution in [2.75, 3.05) is 29.3 Å². The van der Waals surface area contributed by atoms with Gasteiger partial charge in [0.2, 0.25) is 5.91 Å². The van der Waals surface area contributed by atoms with E-state index in [1.165, 1.54) is 11.3 Å². The Morgan fingerprint density at radius 1 is 1.22 bits per heavy atom. The molecular weight excluding hydrogens is 402 g/mol. The minimum Gasteiger partial charge on any atom is -0.341 e. The third kappa shape index (κ3) is 5.46. The van der Waals surface area contributed by atoms with Crippen molar-refractivity contribution in [1.29, 1.82) is 0 Å². The zero-order chi connectivity index (χ0) is 19.3. The summed E-state index contributed by atoms with van der Waals surface area (Å²) < 4.78 is 27.6. The predicted octanol–water partition coefficient (Wildman–Crippen LogP) is 3.01. The molecule has 0 atom stereocenters. The molecule has 1 aromatic carbocycles. The van der Waals surface area contributed by atoms with E-state index in [4.69, 9.17) is 0 Å². The van der Waals surface area contributed by atoms with Crippen LogP contribution in [0.2, 0.25) is 0 Å². The molecule has 2 aromatic rings. The molecule has 1 aromatic heterocycles. The predicted molar refractivity (Wildman–Crippen MR) is 111 cm³/mol. The molecule has 1 aliphatic heterocycles. The van der Waals surface area contributed by atoms with Crippen LogP contribution in [0.3, 0.4) is 0 Å². The molecule has 1 N–H and O–H groups in total. The second kappa shape index (κ2) is 9.07. The van der Waals surface area contributed by atoms with Crippen LogP contribution in [0.15, 0.2) is 34.5 Å². The smallest absolute Gasteiger partial charge is 0.263 e. The quantitative estimate of drug-likeness (QED) is 0.738. The van der Waals surface area contributed by atoms with Gasteiger partial charge in [-0.05, 0) is 24.1 Å². The van der Waals surface area contributed by atoms with Crippen LogP contribution < -0.4 is 4.72 Å². The van der Waals surface area contributed by atoms with Gasteiger partial charge in [0.05, 0.1) is 17.0 Å². The van der Waals surface area contributed by atoms with Gasteiger partial charge >= 0.3 is 0 Å². The fourth-order valence-electron chi connectivity index (χ4n) is 2.81. The number of sulfonamides is 1. The van der Waals surface area contributed by atoms with E-state index < -0.39 is 10.0 Å². The molecule has 146 valence electrons. The number of thioether (sulfide) groups is 1. The summed E-state index contributed by atoms with van der Waals surface area (Å²) in [6, 6.07) is 6.89. The van der Waals surface area contributed by atoms with E-state index in [0.717, 1.165) is 43.0 Å². The minimum absolute atomic E-state index is 0.0431. The van der Waals surface area contributed by atoms with Gasteiger partial charge < -0.3 is 4.90 Å². The van der Waals surface area contributed by atoms with Gasteiger partial charge in [0.15, 0.2) is 5.13 Å². The van der Waals surface area contributed by atoms with Crippen LogP contribution in [0.25, 0.3) is 0 Å². The van der Waals surface area contributed by atoms with Gasteiger partial charge in [-0.15, -0.1) is 11.3 Å². The van der Waals surface area contributed by atoms with E-state index in [1.54, 1.807) is 17.5 Å². The molecule has 1 aliphatic rings. The van der Waals surface area contributed by atoms with Gasteiger partial charge in [-0.1, -0.05) is 25.5 Å². The molecule has 0 bridgehead atoms. The van der Waals surface area contributed by atoms with Crippen LogP contribution in [0, 0.1) is 0 Å². The van der Waals surface area contributed by atoms with Gasteiger partial charge in [-0.25, -0.2) is 13.4 Å². The van der Waals surface area contributed by atoms with Crippen LogP contribution in [0.1, 0.15) is 24.6 Å². The highest BCUT2D eigenvalue weighted by molar-refractivity contribution is 7.99.